The van der Waals surface area contributed by atoms with Gasteiger partial charge in [0.25, 0.3) is 0 Å². The minimum atomic E-state index is -4.72. The molecule has 1 aliphatic rings. The Morgan fingerprint density at radius 1 is 1.31 bits per heavy atom. The minimum Gasteiger partial charge on any atom is -0.406 e. The molecule has 1 aromatic carbocycles. The van der Waals surface area contributed by atoms with Gasteiger partial charge in [-0.25, -0.2) is 0 Å². The number of Topliss-reactive ketones (excluding diaryl/α,β-unsaturated/α-hetero) is 1. The monoisotopic (exact) mass is 230 g/mol. The van der Waals surface area contributed by atoms with Crippen LogP contribution in [-0.2, 0) is 0 Å². The van der Waals surface area contributed by atoms with E-state index in [1.807, 2.05) is 0 Å². The van der Waals surface area contributed by atoms with Crippen LogP contribution in [0.2, 0.25) is 0 Å². The Morgan fingerprint density at radius 3 is 2.56 bits per heavy atom. The zero-order valence-corrected chi connectivity index (χ0v) is 8.25. The predicted octanol–water partition coefficient (Wildman–Crippen LogP) is 3.18. The highest BCUT2D eigenvalue weighted by molar-refractivity contribution is 5.99. The lowest BCUT2D eigenvalue weighted by atomic mass is 10.1. The van der Waals surface area contributed by atoms with Crippen molar-refractivity contribution in [2.45, 2.75) is 19.2 Å². The van der Waals surface area contributed by atoms with Crippen LogP contribution in [0.5, 0.6) is 5.75 Å². The molecule has 0 bridgehead atoms. The number of hydrogen-bond donors (Lipinski definition) is 0. The van der Waals surface area contributed by atoms with Gasteiger partial charge in [-0.1, -0.05) is 12.1 Å². The number of alkyl halides is 3. The minimum absolute atomic E-state index is 0.0128. The molecule has 0 unspecified atom stereocenters. The molecule has 0 heterocycles. The van der Waals surface area contributed by atoms with Crippen molar-refractivity contribution < 1.29 is 22.7 Å². The van der Waals surface area contributed by atoms with Crippen molar-refractivity contribution in [2.24, 2.45) is 5.92 Å². The van der Waals surface area contributed by atoms with E-state index >= 15 is 0 Å². The fourth-order valence-electron chi connectivity index (χ4n) is 1.43. The summed E-state index contributed by atoms with van der Waals surface area (Å²) in [7, 11) is 0. The Kier molecular flexibility index (Phi) is 2.61. The second-order valence-electron chi connectivity index (χ2n) is 3.71. The molecule has 5 heteroatoms. The molecule has 0 radical (unpaired) electrons. The Bertz CT molecular complexity index is 408. The van der Waals surface area contributed by atoms with Crippen LogP contribution in [0.25, 0.3) is 0 Å². The van der Waals surface area contributed by atoms with E-state index in [0.29, 0.717) is 0 Å². The molecule has 2 nitrogen and oxygen atoms in total. The Balaban J connectivity index is 2.15. The Morgan fingerprint density at radius 2 is 2.00 bits per heavy atom. The zero-order chi connectivity index (χ0) is 11.8. The van der Waals surface area contributed by atoms with Gasteiger partial charge in [0.1, 0.15) is 5.75 Å². The van der Waals surface area contributed by atoms with E-state index in [2.05, 4.69) is 4.74 Å². The first kappa shape index (κ1) is 11.0. The van der Waals surface area contributed by atoms with Crippen LogP contribution in [0.15, 0.2) is 24.3 Å². The maximum atomic E-state index is 11.9. The molecule has 16 heavy (non-hydrogen) atoms. The summed E-state index contributed by atoms with van der Waals surface area (Å²) in [5.74, 6) is -0.465. The topological polar surface area (TPSA) is 26.3 Å². The largest absolute Gasteiger partial charge is 0.573 e. The third-order valence-electron chi connectivity index (χ3n) is 2.30. The number of carbonyl (C=O) groups is 1. The fraction of sp³-hybridized carbons (Fsp3) is 0.364. The number of rotatable bonds is 3. The van der Waals surface area contributed by atoms with Crippen LogP contribution in [0, 0.1) is 5.92 Å². The quantitative estimate of drug-likeness (QED) is 0.745. The molecule has 0 aliphatic heterocycles. The highest BCUT2D eigenvalue weighted by atomic mass is 19.4. The summed E-state index contributed by atoms with van der Waals surface area (Å²) >= 11 is 0. The average molecular weight is 230 g/mol. The molecule has 1 aliphatic carbocycles. The third kappa shape index (κ3) is 2.74. The second-order valence-corrected chi connectivity index (χ2v) is 3.71. The molecule has 0 saturated heterocycles. The van der Waals surface area contributed by atoms with Gasteiger partial charge in [-0.3, -0.25) is 4.79 Å². The highest BCUT2D eigenvalue weighted by Crippen LogP contribution is 2.33. The van der Waals surface area contributed by atoms with Crippen molar-refractivity contribution in [3.8, 4) is 5.75 Å². The molecule has 2 rings (SSSR count). The molecule has 86 valence electrons. The highest BCUT2D eigenvalue weighted by Gasteiger charge is 2.33. The van der Waals surface area contributed by atoms with Crippen molar-refractivity contribution in [2.75, 3.05) is 0 Å². The molecule has 1 fully saturated rings. The van der Waals surface area contributed by atoms with Gasteiger partial charge in [0, 0.05) is 11.5 Å². The lowest BCUT2D eigenvalue weighted by molar-refractivity contribution is -0.274. The van der Waals surface area contributed by atoms with Crippen LogP contribution >= 0.6 is 0 Å². The maximum Gasteiger partial charge on any atom is 0.573 e. The van der Waals surface area contributed by atoms with Gasteiger partial charge in [-0.2, -0.15) is 0 Å². The Hall–Kier alpha value is -1.52. The summed E-state index contributed by atoms with van der Waals surface area (Å²) in [5, 5.41) is 0. The first-order chi connectivity index (χ1) is 7.46. The number of hydrogen-bond acceptors (Lipinski definition) is 2. The van der Waals surface area contributed by atoms with Gasteiger partial charge in [0.2, 0.25) is 0 Å². The SMILES string of the molecule is O=C(c1cccc(OC(F)(F)F)c1)C1CC1. The number of carbonyl (C=O) groups excluding carboxylic acids is 1. The zero-order valence-electron chi connectivity index (χ0n) is 8.25. The molecular formula is C11H9F3O2. The predicted molar refractivity (Wildman–Crippen MR) is 50.2 cm³/mol. The first-order valence-corrected chi connectivity index (χ1v) is 4.86. The lowest BCUT2D eigenvalue weighted by Gasteiger charge is -2.09. The molecular weight excluding hydrogens is 221 g/mol. The van der Waals surface area contributed by atoms with Gasteiger partial charge in [0.05, 0.1) is 0 Å². The van der Waals surface area contributed by atoms with E-state index in [4.69, 9.17) is 0 Å². The van der Waals surface area contributed by atoms with Crippen molar-refractivity contribution in [3.63, 3.8) is 0 Å². The molecule has 1 aromatic rings. The van der Waals surface area contributed by atoms with Gasteiger partial charge in [-0.15, -0.1) is 13.2 Å². The molecule has 0 atom stereocenters. The van der Waals surface area contributed by atoms with E-state index in [9.17, 15) is 18.0 Å². The summed E-state index contributed by atoms with van der Waals surface area (Å²) in [5.41, 5.74) is 0.282. The summed E-state index contributed by atoms with van der Waals surface area (Å²) in [6, 6.07) is 5.20. The molecule has 0 aromatic heterocycles. The molecule has 0 N–H and O–H groups in total. The number of ether oxygens (including phenoxy) is 1. The summed E-state index contributed by atoms with van der Waals surface area (Å²) in [6.07, 6.45) is -3.08. The number of ketones is 1. The summed E-state index contributed by atoms with van der Waals surface area (Å²) in [4.78, 5) is 11.6. The van der Waals surface area contributed by atoms with E-state index in [1.165, 1.54) is 18.2 Å². The van der Waals surface area contributed by atoms with Crippen molar-refractivity contribution in [3.05, 3.63) is 29.8 Å². The average Bonchev–Trinajstić information content (AvgIpc) is 2.97. The Labute approximate surface area is 90.0 Å². The normalized spacial score (nSPS) is 15.9. The molecule has 0 amide bonds. The standard InChI is InChI=1S/C11H9F3O2/c12-11(13,14)16-9-3-1-2-8(6-9)10(15)7-4-5-7/h1-3,6-7H,4-5H2. The fourth-order valence-corrected chi connectivity index (χ4v) is 1.43. The van der Waals surface area contributed by atoms with Gasteiger partial charge in [0.15, 0.2) is 5.78 Å². The van der Waals surface area contributed by atoms with E-state index < -0.39 is 6.36 Å². The number of benzene rings is 1. The van der Waals surface area contributed by atoms with Crippen molar-refractivity contribution >= 4 is 5.78 Å². The van der Waals surface area contributed by atoms with Crippen molar-refractivity contribution in [1.29, 1.82) is 0 Å². The molecule has 1 saturated carbocycles. The molecule has 0 spiro atoms. The second kappa shape index (κ2) is 3.81. The maximum absolute atomic E-state index is 11.9. The van der Waals surface area contributed by atoms with Crippen LogP contribution in [0.3, 0.4) is 0 Å². The van der Waals surface area contributed by atoms with Crippen molar-refractivity contribution in [1.82, 2.24) is 0 Å². The van der Waals surface area contributed by atoms with Crippen LogP contribution in [-0.4, -0.2) is 12.1 Å². The van der Waals surface area contributed by atoms with E-state index in [-0.39, 0.29) is 23.0 Å². The lowest BCUT2D eigenvalue weighted by Crippen LogP contribution is -2.17. The smallest absolute Gasteiger partial charge is 0.406 e. The summed E-state index contributed by atoms with van der Waals surface area (Å²) in [6.45, 7) is 0. The van der Waals surface area contributed by atoms with Crippen LogP contribution in [0.4, 0.5) is 13.2 Å². The van der Waals surface area contributed by atoms with Crippen LogP contribution in [0.1, 0.15) is 23.2 Å². The van der Waals surface area contributed by atoms with Gasteiger partial charge < -0.3 is 4.74 Å². The van der Waals surface area contributed by atoms with E-state index in [1.54, 1.807) is 0 Å². The number of halogens is 3. The van der Waals surface area contributed by atoms with Gasteiger partial charge in [-0.05, 0) is 25.0 Å². The van der Waals surface area contributed by atoms with Gasteiger partial charge >= 0.3 is 6.36 Å². The van der Waals surface area contributed by atoms with E-state index in [0.717, 1.165) is 18.9 Å². The first-order valence-electron chi connectivity index (χ1n) is 4.86. The van der Waals surface area contributed by atoms with Crippen LogP contribution < -0.4 is 4.74 Å². The summed E-state index contributed by atoms with van der Waals surface area (Å²) < 4.78 is 39.6. The third-order valence-corrected chi connectivity index (χ3v) is 2.30.